The number of nitrogens with zero attached hydrogens (tertiary/aromatic N) is 1. The highest BCUT2D eigenvalue weighted by Gasteiger charge is 2.17. The predicted molar refractivity (Wildman–Crippen MR) is 90.6 cm³/mol. The first kappa shape index (κ1) is 15.5. The molecule has 1 aromatic heterocycles. The molecule has 0 bridgehead atoms. The second kappa shape index (κ2) is 6.78. The topological polar surface area (TPSA) is 84.2 Å². The summed E-state index contributed by atoms with van der Waals surface area (Å²) in [6, 6.07) is 16.2. The lowest BCUT2D eigenvalue weighted by Crippen LogP contribution is -2.13. The molecule has 24 heavy (non-hydrogen) atoms. The zero-order chi connectivity index (χ0) is 16.9. The van der Waals surface area contributed by atoms with E-state index >= 15 is 0 Å². The Hall–Kier alpha value is -3.41. The number of nitrogens with one attached hydrogen (secondary N) is 2. The molecule has 0 aliphatic heterocycles. The molecule has 0 aliphatic rings. The summed E-state index contributed by atoms with van der Waals surface area (Å²) in [5.41, 5.74) is 2.78. The van der Waals surface area contributed by atoms with Crippen LogP contribution in [0.2, 0.25) is 0 Å². The van der Waals surface area contributed by atoms with Crippen LogP contribution in [-0.2, 0) is 4.79 Å². The molecule has 1 heterocycles. The van der Waals surface area contributed by atoms with Crippen molar-refractivity contribution in [2.24, 2.45) is 0 Å². The fourth-order valence-corrected chi connectivity index (χ4v) is 2.28. The largest absolute Gasteiger partial charge is 0.363 e. The maximum atomic E-state index is 12.5. The van der Waals surface area contributed by atoms with E-state index in [1.54, 1.807) is 24.3 Å². The molecule has 6 nitrogen and oxygen atoms in total. The number of benzene rings is 2. The van der Waals surface area contributed by atoms with Crippen LogP contribution in [0.25, 0.3) is 11.3 Å². The van der Waals surface area contributed by atoms with Gasteiger partial charge in [0.1, 0.15) is 17.5 Å². The Kier molecular flexibility index (Phi) is 4.38. The number of amides is 2. The van der Waals surface area contributed by atoms with E-state index in [1.807, 2.05) is 30.3 Å². The highest BCUT2D eigenvalue weighted by Crippen LogP contribution is 2.23. The highest BCUT2D eigenvalue weighted by molar-refractivity contribution is 6.08. The average molecular weight is 321 g/mol. The van der Waals surface area contributed by atoms with Crippen LogP contribution in [0.1, 0.15) is 17.3 Å². The minimum atomic E-state index is -0.338. The van der Waals surface area contributed by atoms with Gasteiger partial charge in [-0.1, -0.05) is 41.6 Å². The van der Waals surface area contributed by atoms with Gasteiger partial charge in [-0.25, -0.2) is 0 Å². The Balaban J connectivity index is 1.82. The molecular weight excluding hydrogens is 306 g/mol. The van der Waals surface area contributed by atoms with Crippen LogP contribution >= 0.6 is 0 Å². The van der Waals surface area contributed by atoms with Gasteiger partial charge >= 0.3 is 0 Å². The number of anilines is 2. The standard InChI is InChI=1S/C18H15N3O3/c1-12(22)19-14-8-5-9-15(10-14)20-18(23)16-11-24-21-17(16)13-6-3-2-4-7-13/h2-11H,1H3,(H,19,22)(H,20,23). The van der Waals surface area contributed by atoms with Crippen LogP contribution in [0.15, 0.2) is 65.4 Å². The number of carbonyl (C=O) groups is 2. The van der Waals surface area contributed by atoms with Crippen LogP contribution < -0.4 is 10.6 Å². The van der Waals surface area contributed by atoms with Gasteiger partial charge in [0.2, 0.25) is 5.91 Å². The molecule has 6 heteroatoms. The van der Waals surface area contributed by atoms with Gasteiger partial charge in [-0.05, 0) is 18.2 Å². The van der Waals surface area contributed by atoms with E-state index in [4.69, 9.17) is 4.52 Å². The molecule has 3 rings (SSSR count). The van der Waals surface area contributed by atoms with E-state index in [1.165, 1.54) is 13.2 Å². The maximum Gasteiger partial charge on any atom is 0.261 e. The van der Waals surface area contributed by atoms with Crippen molar-refractivity contribution in [2.75, 3.05) is 10.6 Å². The van der Waals surface area contributed by atoms with E-state index in [0.717, 1.165) is 5.56 Å². The molecule has 0 radical (unpaired) electrons. The normalized spacial score (nSPS) is 10.2. The molecule has 120 valence electrons. The monoisotopic (exact) mass is 321 g/mol. The van der Waals surface area contributed by atoms with Crippen LogP contribution in [0.5, 0.6) is 0 Å². The zero-order valence-electron chi connectivity index (χ0n) is 12.9. The van der Waals surface area contributed by atoms with Crippen molar-refractivity contribution in [3.8, 4) is 11.3 Å². The van der Waals surface area contributed by atoms with Crippen molar-refractivity contribution >= 4 is 23.2 Å². The second-order valence-corrected chi connectivity index (χ2v) is 5.16. The lowest BCUT2D eigenvalue weighted by Gasteiger charge is -2.07. The molecule has 0 spiro atoms. The fraction of sp³-hybridized carbons (Fsp3) is 0.0556. The van der Waals surface area contributed by atoms with Gasteiger partial charge in [0.05, 0.1) is 0 Å². The number of carbonyl (C=O) groups excluding carboxylic acids is 2. The predicted octanol–water partition coefficient (Wildman–Crippen LogP) is 3.55. The van der Waals surface area contributed by atoms with Crippen molar-refractivity contribution < 1.29 is 14.1 Å². The third-order valence-corrected chi connectivity index (χ3v) is 3.30. The minimum absolute atomic E-state index is 0.177. The Labute approximate surface area is 138 Å². The quantitative estimate of drug-likeness (QED) is 0.769. The minimum Gasteiger partial charge on any atom is -0.363 e. The third kappa shape index (κ3) is 3.49. The molecule has 0 saturated carbocycles. The summed E-state index contributed by atoms with van der Waals surface area (Å²) in [7, 11) is 0. The van der Waals surface area contributed by atoms with Crippen LogP contribution in [-0.4, -0.2) is 17.0 Å². The van der Waals surface area contributed by atoms with Crippen LogP contribution in [0.3, 0.4) is 0 Å². The van der Waals surface area contributed by atoms with E-state index < -0.39 is 0 Å². The lowest BCUT2D eigenvalue weighted by molar-refractivity contribution is -0.114. The van der Waals surface area contributed by atoms with Gasteiger partial charge in [-0.2, -0.15) is 0 Å². The van der Waals surface area contributed by atoms with Gasteiger partial charge < -0.3 is 15.2 Å². The van der Waals surface area contributed by atoms with Gasteiger partial charge in [0.15, 0.2) is 0 Å². The molecule has 0 fully saturated rings. The fourth-order valence-electron chi connectivity index (χ4n) is 2.28. The Morgan fingerprint density at radius 2 is 1.67 bits per heavy atom. The first-order valence-corrected chi connectivity index (χ1v) is 7.32. The molecule has 0 saturated heterocycles. The van der Waals surface area contributed by atoms with Gasteiger partial charge in [0, 0.05) is 23.9 Å². The summed E-state index contributed by atoms with van der Waals surface area (Å²) in [5.74, 6) is -0.515. The van der Waals surface area contributed by atoms with Gasteiger partial charge in [-0.3, -0.25) is 9.59 Å². The summed E-state index contributed by atoms with van der Waals surface area (Å²) in [5, 5.41) is 9.36. The number of hydrogen-bond donors (Lipinski definition) is 2. The molecule has 0 aliphatic carbocycles. The van der Waals surface area contributed by atoms with Crippen molar-refractivity contribution in [1.29, 1.82) is 0 Å². The first-order chi connectivity index (χ1) is 11.6. The molecular formula is C18H15N3O3. The SMILES string of the molecule is CC(=O)Nc1cccc(NC(=O)c2conc2-c2ccccc2)c1. The average Bonchev–Trinajstić information content (AvgIpc) is 3.05. The molecule has 0 atom stereocenters. The molecule has 3 aromatic rings. The Morgan fingerprint density at radius 3 is 2.38 bits per heavy atom. The Morgan fingerprint density at radius 1 is 0.958 bits per heavy atom. The van der Waals surface area contributed by atoms with E-state index in [-0.39, 0.29) is 11.8 Å². The van der Waals surface area contributed by atoms with Gasteiger partial charge in [-0.15, -0.1) is 0 Å². The summed E-state index contributed by atoms with van der Waals surface area (Å²) < 4.78 is 4.97. The number of rotatable bonds is 4. The highest BCUT2D eigenvalue weighted by atomic mass is 16.5. The molecule has 2 aromatic carbocycles. The summed E-state index contributed by atoms with van der Waals surface area (Å²) in [4.78, 5) is 23.6. The summed E-state index contributed by atoms with van der Waals surface area (Å²) >= 11 is 0. The molecule has 0 unspecified atom stereocenters. The van der Waals surface area contributed by atoms with Crippen molar-refractivity contribution in [1.82, 2.24) is 5.16 Å². The smallest absolute Gasteiger partial charge is 0.261 e. The third-order valence-electron chi connectivity index (χ3n) is 3.30. The zero-order valence-corrected chi connectivity index (χ0v) is 12.9. The summed E-state index contributed by atoms with van der Waals surface area (Å²) in [6.45, 7) is 1.43. The maximum absolute atomic E-state index is 12.5. The van der Waals surface area contributed by atoms with Crippen molar-refractivity contribution in [3.05, 3.63) is 66.4 Å². The first-order valence-electron chi connectivity index (χ1n) is 7.32. The van der Waals surface area contributed by atoms with Crippen LogP contribution in [0.4, 0.5) is 11.4 Å². The van der Waals surface area contributed by atoms with E-state index in [0.29, 0.717) is 22.6 Å². The van der Waals surface area contributed by atoms with E-state index in [2.05, 4.69) is 15.8 Å². The lowest BCUT2D eigenvalue weighted by atomic mass is 10.1. The van der Waals surface area contributed by atoms with Crippen molar-refractivity contribution in [2.45, 2.75) is 6.92 Å². The number of aromatic nitrogens is 1. The molecule has 2 amide bonds. The number of hydrogen-bond acceptors (Lipinski definition) is 4. The second-order valence-electron chi connectivity index (χ2n) is 5.16. The molecule has 2 N–H and O–H groups in total. The summed E-state index contributed by atoms with van der Waals surface area (Å²) in [6.07, 6.45) is 1.31. The Bertz CT molecular complexity index is 872. The van der Waals surface area contributed by atoms with Crippen molar-refractivity contribution in [3.63, 3.8) is 0 Å². The van der Waals surface area contributed by atoms with Gasteiger partial charge in [0.25, 0.3) is 5.91 Å². The van der Waals surface area contributed by atoms with E-state index in [9.17, 15) is 9.59 Å². The van der Waals surface area contributed by atoms with Crippen LogP contribution in [0, 0.1) is 0 Å².